The molecule has 1 N–H and O–H groups in total. The highest BCUT2D eigenvalue weighted by Gasteiger charge is 2.02. The fourth-order valence-electron chi connectivity index (χ4n) is 1.37. The molecular weight excluding hydrogens is 186 g/mol. The van der Waals surface area contributed by atoms with Gasteiger partial charge in [-0.1, -0.05) is 43.7 Å². The van der Waals surface area contributed by atoms with E-state index in [1.165, 1.54) is 0 Å². The summed E-state index contributed by atoms with van der Waals surface area (Å²) >= 11 is 0. The molecule has 0 aliphatic carbocycles. The van der Waals surface area contributed by atoms with Crippen molar-refractivity contribution in [2.75, 3.05) is 6.54 Å². The third kappa shape index (κ3) is 5.33. The molecule has 0 aromatic heterocycles. The molecule has 1 atom stereocenters. The van der Waals surface area contributed by atoms with Gasteiger partial charge in [0.15, 0.2) is 0 Å². The summed E-state index contributed by atoms with van der Waals surface area (Å²) in [6.45, 7) is 2.63. The van der Waals surface area contributed by atoms with Crippen molar-refractivity contribution in [3.8, 4) is 0 Å². The molecule has 1 unspecified atom stereocenters. The van der Waals surface area contributed by atoms with Gasteiger partial charge in [0.2, 0.25) is 0 Å². The fourth-order valence-corrected chi connectivity index (χ4v) is 1.37. The Morgan fingerprint density at radius 2 is 2.07 bits per heavy atom. The van der Waals surface area contributed by atoms with Gasteiger partial charge < -0.3 is 5.11 Å². The summed E-state index contributed by atoms with van der Waals surface area (Å²) in [5.41, 5.74) is 1.16. The van der Waals surface area contributed by atoms with Crippen LogP contribution in [0.3, 0.4) is 0 Å². The number of hydrogen-bond donors (Lipinski definition) is 1. The Morgan fingerprint density at radius 1 is 1.33 bits per heavy atom. The maximum atomic E-state index is 9.69. The number of nitrogens with zero attached hydrogens (tertiary/aromatic N) is 1. The summed E-state index contributed by atoms with van der Waals surface area (Å²) in [5.74, 6) is 0. The molecule has 2 nitrogen and oxygen atoms in total. The van der Waals surface area contributed by atoms with E-state index in [0.29, 0.717) is 13.0 Å². The van der Waals surface area contributed by atoms with E-state index in [2.05, 4.69) is 11.9 Å². The minimum Gasteiger partial charge on any atom is -0.391 e. The molecule has 0 heterocycles. The Balaban J connectivity index is 2.27. The van der Waals surface area contributed by atoms with Crippen molar-refractivity contribution in [1.29, 1.82) is 0 Å². The van der Waals surface area contributed by atoms with Gasteiger partial charge in [-0.3, -0.25) is 4.99 Å². The van der Waals surface area contributed by atoms with E-state index in [0.717, 1.165) is 18.4 Å². The first-order valence-electron chi connectivity index (χ1n) is 5.53. The second-order valence-electron chi connectivity index (χ2n) is 3.68. The van der Waals surface area contributed by atoms with Crippen molar-refractivity contribution in [2.24, 2.45) is 4.99 Å². The van der Waals surface area contributed by atoms with Crippen LogP contribution in [-0.4, -0.2) is 24.0 Å². The third-order valence-electron chi connectivity index (χ3n) is 2.18. The number of aliphatic imine (C=N–C) groups is 1. The number of aliphatic hydroxyl groups excluding tert-OH is 1. The monoisotopic (exact) mass is 205 g/mol. The summed E-state index contributed by atoms with van der Waals surface area (Å²) in [6.07, 6.45) is 4.33. The molecule has 0 aliphatic rings. The molecule has 0 aliphatic heterocycles. The number of hydrogen-bond acceptors (Lipinski definition) is 2. The molecule has 0 saturated carbocycles. The van der Waals surface area contributed by atoms with Crippen LogP contribution in [0.25, 0.3) is 0 Å². The predicted octanol–water partition coefficient (Wildman–Crippen LogP) is 2.46. The van der Waals surface area contributed by atoms with E-state index >= 15 is 0 Å². The lowest BCUT2D eigenvalue weighted by atomic mass is 10.1. The molecule has 0 spiro atoms. The highest BCUT2D eigenvalue weighted by Crippen LogP contribution is 2.03. The van der Waals surface area contributed by atoms with Gasteiger partial charge >= 0.3 is 0 Å². The van der Waals surface area contributed by atoms with Gasteiger partial charge in [0.25, 0.3) is 0 Å². The van der Waals surface area contributed by atoms with Crippen LogP contribution in [0, 0.1) is 0 Å². The molecule has 1 aromatic carbocycles. The van der Waals surface area contributed by atoms with Gasteiger partial charge in [-0.2, -0.15) is 0 Å². The van der Waals surface area contributed by atoms with Gasteiger partial charge in [0.05, 0.1) is 12.6 Å². The Kier molecular flexibility index (Phi) is 5.71. The first-order chi connectivity index (χ1) is 7.33. The summed E-state index contributed by atoms with van der Waals surface area (Å²) in [5, 5.41) is 9.69. The average molecular weight is 205 g/mol. The number of aliphatic hydroxyl groups is 1. The molecule has 2 heteroatoms. The Hall–Kier alpha value is -1.15. The molecule has 0 fully saturated rings. The molecule has 1 aromatic rings. The second-order valence-corrected chi connectivity index (χ2v) is 3.68. The van der Waals surface area contributed by atoms with Crippen molar-refractivity contribution in [2.45, 2.75) is 32.3 Å². The highest BCUT2D eigenvalue weighted by atomic mass is 16.3. The average Bonchev–Trinajstić information content (AvgIpc) is 2.26. The number of unbranched alkanes of at least 4 members (excludes halogenated alkanes) is 1. The van der Waals surface area contributed by atoms with Crippen LogP contribution in [0.15, 0.2) is 35.3 Å². The van der Waals surface area contributed by atoms with Gasteiger partial charge in [0, 0.05) is 6.42 Å². The molecule has 0 radical (unpaired) electrons. The topological polar surface area (TPSA) is 32.6 Å². The van der Waals surface area contributed by atoms with Crippen LogP contribution < -0.4 is 0 Å². The van der Waals surface area contributed by atoms with Crippen LogP contribution in [0.1, 0.15) is 25.3 Å². The zero-order chi connectivity index (χ0) is 10.9. The quantitative estimate of drug-likeness (QED) is 0.711. The summed E-state index contributed by atoms with van der Waals surface area (Å²) in [7, 11) is 0. The first kappa shape index (κ1) is 11.9. The summed E-state index contributed by atoms with van der Waals surface area (Å²) < 4.78 is 0. The van der Waals surface area contributed by atoms with Crippen LogP contribution in [0.2, 0.25) is 0 Å². The van der Waals surface area contributed by atoms with Crippen molar-refractivity contribution in [3.05, 3.63) is 35.9 Å². The Labute approximate surface area is 91.7 Å². The predicted molar refractivity (Wildman–Crippen MR) is 64.4 cm³/mol. The van der Waals surface area contributed by atoms with E-state index in [1.54, 1.807) is 0 Å². The van der Waals surface area contributed by atoms with E-state index in [1.807, 2.05) is 36.5 Å². The maximum absolute atomic E-state index is 9.69. The first-order valence-corrected chi connectivity index (χ1v) is 5.53. The van der Waals surface area contributed by atoms with E-state index in [-0.39, 0.29) is 6.10 Å². The Morgan fingerprint density at radius 3 is 2.73 bits per heavy atom. The standard InChI is InChI=1S/C13H19NO/c1-2-3-9-14-11-13(15)10-12-7-5-4-6-8-12/h4-9,13,15H,2-3,10-11H2,1H3. The smallest absolute Gasteiger partial charge is 0.0775 e. The lowest BCUT2D eigenvalue weighted by molar-refractivity contribution is 0.184. The van der Waals surface area contributed by atoms with E-state index in [4.69, 9.17) is 0 Å². The minimum absolute atomic E-state index is 0.361. The zero-order valence-corrected chi connectivity index (χ0v) is 9.26. The van der Waals surface area contributed by atoms with Gasteiger partial charge in [-0.05, 0) is 18.2 Å². The minimum atomic E-state index is -0.361. The Bertz CT molecular complexity index is 282. The maximum Gasteiger partial charge on any atom is 0.0775 e. The van der Waals surface area contributed by atoms with Gasteiger partial charge in [-0.25, -0.2) is 0 Å². The van der Waals surface area contributed by atoms with E-state index in [9.17, 15) is 5.11 Å². The fraction of sp³-hybridized carbons (Fsp3) is 0.462. The molecule has 15 heavy (non-hydrogen) atoms. The van der Waals surface area contributed by atoms with Crippen molar-refractivity contribution in [3.63, 3.8) is 0 Å². The SMILES string of the molecule is CCCC=NCC(O)Cc1ccccc1. The molecule has 82 valence electrons. The zero-order valence-electron chi connectivity index (χ0n) is 9.26. The highest BCUT2D eigenvalue weighted by molar-refractivity contribution is 5.56. The van der Waals surface area contributed by atoms with Gasteiger partial charge in [0.1, 0.15) is 0 Å². The second kappa shape index (κ2) is 7.18. The van der Waals surface area contributed by atoms with E-state index < -0.39 is 0 Å². The molecule has 1 rings (SSSR count). The summed E-state index contributed by atoms with van der Waals surface area (Å²) in [6, 6.07) is 10.0. The van der Waals surface area contributed by atoms with Crippen LogP contribution in [0.5, 0.6) is 0 Å². The number of benzene rings is 1. The molecule has 0 bridgehead atoms. The summed E-state index contributed by atoms with van der Waals surface area (Å²) in [4.78, 5) is 4.18. The largest absolute Gasteiger partial charge is 0.391 e. The van der Waals surface area contributed by atoms with Crippen molar-refractivity contribution in [1.82, 2.24) is 0 Å². The lowest BCUT2D eigenvalue weighted by Gasteiger charge is -2.07. The number of rotatable bonds is 6. The lowest BCUT2D eigenvalue weighted by Crippen LogP contribution is -2.14. The molecule has 0 amide bonds. The molecule has 0 saturated heterocycles. The van der Waals surface area contributed by atoms with Crippen LogP contribution in [0.4, 0.5) is 0 Å². The van der Waals surface area contributed by atoms with Gasteiger partial charge in [-0.15, -0.1) is 0 Å². The third-order valence-corrected chi connectivity index (χ3v) is 2.18. The van der Waals surface area contributed by atoms with Crippen LogP contribution >= 0.6 is 0 Å². The molecular formula is C13H19NO. The van der Waals surface area contributed by atoms with Crippen molar-refractivity contribution < 1.29 is 5.11 Å². The van der Waals surface area contributed by atoms with Crippen molar-refractivity contribution >= 4 is 6.21 Å². The van der Waals surface area contributed by atoms with Crippen LogP contribution in [-0.2, 0) is 6.42 Å². The normalized spacial score (nSPS) is 13.2.